The van der Waals surface area contributed by atoms with Crippen molar-refractivity contribution in [3.05, 3.63) is 47.9 Å². The summed E-state index contributed by atoms with van der Waals surface area (Å²) in [5, 5.41) is 6.48. The van der Waals surface area contributed by atoms with Crippen molar-refractivity contribution in [3.63, 3.8) is 0 Å². The van der Waals surface area contributed by atoms with Crippen LogP contribution in [-0.4, -0.2) is 44.3 Å². The Morgan fingerprint density at radius 3 is 2.54 bits per heavy atom. The van der Waals surface area contributed by atoms with Gasteiger partial charge in [-0.15, -0.1) is 0 Å². The molecule has 5 heteroatoms. The predicted molar refractivity (Wildman–Crippen MR) is 107 cm³/mol. The maximum Gasteiger partial charge on any atom is 0.415 e. The molecule has 5 nitrogen and oxygen atoms in total. The minimum atomic E-state index is -0.313. The van der Waals surface area contributed by atoms with Crippen molar-refractivity contribution < 1.29 is 9.53 Å². The number of carbonyl (C=O) groups is 1. The molecule has 26 heavy (non-hydrogen) atoms. The lowest BCUT2D eigenvalue weighted by Crippen LogP contribution is -2.50. The quantitative estimate of drug-likeness (QED) is 0.710. The van der Waals surface area contributed by atoms with Crippen molar-refractivity contribution in [2.75, 3.05) is 27.2 Å². The van der Waals surface area contributed by atoms with Gasteiger partial charge in [0, 0.05) is 14.1 Å². The standard InChI is InChI=1S/C21H33N3O2/c1-6-7-8-17(16(2)3)13-19(22-4)24(5)20(25)26-18-14-21(15-18)9-11-23-12-10-21/h6-8,13,18,22-23H,2,9-12,14-15H2,1,3-5H3/b7-6-,17-8-,19-13+. The maximum atomic E-state index is 12.5. The molecule has 1 spiro atoms. The Kier molecular flexibility index (Phi) is 7.09. The van der Waals surface area contributed by atoms with E-state index in [1.807, 2.05) is 38.2 Å². The number of hydrogen-bond donors (Lipinski definition) is 2. The van der Waals surface area contributed by atoms with E-state index in [-0.39, 0.29) is 12.2 Å². The number of nitrogens with one attached hydrogen (secondary N) is 2. The highest BCUT2D eigenvalue weighted by molar-refractivity contribution is 5.70. The number of carbonyl (C=O) groups excluding carboxylic acids is 1. The Morgan fingerprint density at radius 2 is 2.00 bits per heavy atom. The molecule has 0 unspecified atom stereocenters. The molecular formula is C21H33N3O2. The van der Waals surface area contributed by atoms with Crippen molar-refractivity contribution in [2.45, 2.75) is 45.6 Å². The van der Waals surface area contributed by atoms with Crippen LogP contribution in [0, 0.1) is 5.41 Å². The second kappa shape index (κ2) is 9.08. The molecule has 2 N–H and O–H groups in total. The van der Waals surface area contributed by atoms with Crippen LogP contribution >= 0.6 is 0 Å². The third-order valence-electron chi connectivity index (χ3n) is 5.40. The van der Waals surface area contributed by atoms with Crippen LogP contribution in [0.15, 0.2) is 47.9 Å². The van der Waals surface area contributed by atoms with Gasteiger partial charge in [-0.1, -0.05) is 30.4 Å². The minimum Gasteiger partial charge on any atom is -0.446 e. The van der Waals surface area contributed by atoms with Crippen LogP contribution in [-0.2, 0) is 4.74 Å². The summed E-state index contributed by atoms with van der Waals surface area (Å²) in [6.45, 7) is 10.1. The zero-order valence-electron chi connectivity index (χ0n) is 16.6. The van der Waals surface area contributed by atoms with E-state index in [1.54, 1.807) is 14.1 Å². The summed E-state index contributed by atoms with van der Waals surface area (Å²) in [5.74, 6) is 0.685. The van der Waals surface area contributed by atoms with Gasteiger partial charge in [-0.3, -0.25) is 4.90 Å². The molecule has 0 aromatic carbocycles. The van der Waals surface area contributed by atoms with Gasteiger partial charge in [-0.2, -0.15) is 0 Å². The Morgan fingerprint density at radius 1 is 1.35 bits per heavy atom. The molecule has 0 atom stereocenters. The molecule has 0 bridgehead atoms. The average Bonchev–Trinajstić information content (AvgIpc) is 2.60. The fourth-order valence-electron chi connectivity index (χ4n) is 3.67. The third kappa shape index (κ3) is 5.01. The second-order valence-corrected chi connectivity index (χ2v) is 7.43. The molecule has 2 rings (SSSR count). The van der Waals surface area contributed by atoms with Gasteiger partial charge in [-0.25, -0.2) is 4.79 Å². The first-order chi connectivity index (χ1) is 12.4. The van der Waals surface area contributed by atoms with Gasteiger partial charge in [0.2, 0.25) is 0 Å². The maximum absolute atomic E-state index is 12.5. The van der Waals surface area contributed by atoms with Crippen LogP contribution in [0.3, 0.4) is 0 Å². The highest BCUT2D eigenvalue weighted by Gasteiger charge is 2.46. The van der Waals surface area contributed by atoms with Crippen LogP contribution in [0.25, 0.3) is 0 Å². The van der Waals surface area contributed by atoms with Crippen molar-refractivity contribution in [1.82, 2.24) is 15.5 Å². The van der Waals surface area contributed by atoms with E-state index < -0.39 is 0 Å². The fourth-order valence-corrected chi connectivity index (χ4v) is 3.67. The van der Waals surface area contributed by atoms with Crippen molar-refractivity contribution in [3.8, 4) is 0 Å². The highest BCUT2D eigenvalue weighted by Crippen LogP contribution is 2.49. The summed E-state index contributed by atoms with van der Waals surface area (Å²) < 4.78 is 5.71. The van der Waals surface area contributed by atoms with Gasteiger partial charge in [0.15, 0.2) is 0 Å². The highest BCUT2D eigenvalue weighted by atomic mass is 16.6. The van der Waals surface area contributed by atoms with Gasteiger partial charge < -0.3 is 15.4 Å². The molecule has 0 aromatic rings. The van der Waals surface area contributed by atoms with E-state index in [1.165, 1.54) is 17.7 Å². The minimum absolute atomic E-state index is 0.0420. The summed E-state index contributed by atoms with van der Waals surface area (Å²) >= 11 is 0. The first-order valence-corrected chi connectivity index (χ1v) is 9.44. The first-order valence-electron chi connectivity index (χ1n) is 9.44. The summed E-state index contributed by atoms with van der Waals surface area (Å²) in [4.78, 5) is 14.1. The molecule has 0 radical (unpaired) electrons. The molecule has 1 aliphatic carbocycles. The Labute approximate surface area is 157 Å². The number of amides is 1. The Balaban J connectivity index is 1.96. The first kappa shape index (κ1) is 20.3. The van der Waals surface area contributed by atoms with Crippen LogP contribution in [0.2, 0.25) is 0 Å². The smallest absolute Gasteiger partial charge is 0.415 e. The van der Waals surface area contributed by atoms with Gasteiger partial charge in [0.1, 0.15) is 11.9 Å². The van der Waals surface area contributed by atoms with Gasteiger partial charge in [0.05, 0.1) is 0 Å². The van der Waals surface area contributed by atoms with Gasteiger partial charge in [0.25, 0.3) is 0 Å². The zero-order chi connectivity index (χ0) is 19.2. The number of allylic oxidation sites excluding steroid dienone is 6. The van der Waals surface area contributed by atoms with E-state index in [4.69, 9.17) is 4.74 Å². The lowest BCUT2D eigenvalue weighted by atomic mass is 9.62. The Hall–Kier alpha value is -2.01. The van der Waals surface area contributed by atoms with Gasteiger partial charge in [-0.05, 0) is 69.7 Å². The number of rotatable bonds is 6. The topological polar surface area (TPSA) is 53.6 Å². The SMILES string of the molecule is C=C(C)C(=C\C=C/C)/C=C(\NC)N(C)C(=O)OC1CC2(CCNCC2)C1. The van der Waals surface area contributed by atoms with E-state index >= 15 is 0 Å². The molecular weight excluding hydrogens is 326 g/mol. The van der Waals surface area contributed by atoms with Crippen molar-refractivity contribution in [2.24, 2.45) is 5.41 Å². The van der Waals surface area contributed by atoms with Crippen LogP contribution in [0.4, 0.5) is 4.79 Å². The lowest BCUT2D eigenvalue weighted by molar-refractivity contribution is -0.0636. The molecule has 2 aliphatic rings. The number of piperidine rings is 1. The number of hydrogen-bond acceptors (Lipinski definition) is 4. The van der Waals surface area contributed by atoms with E-state index in [9.17, 15) is 4.79 Å². The van der Waals surface area contributed by atoms with E-state index in [0.717, 1.165) is 37.1 Å². The number of nitrogens with zero attached hydrogens (tertiary/aromatic N) is 1. The zero-order valence-corrected chi connectivity index (χ0v) is 16.6. The third-order valence-corrected chi connectivity index (χ3v) is 5.40. The monoisotopic (exact) mass is 359 g/mol. The average molecular weight is 360 g/mol. The molecule has 1 saturated carbocycles. The normalized spacial score (nSPS) is 20.8. The Bertz CT molecular complexity index is 605. The molecule has 2 fully saturated rings. The molecule has 0 aromatic heterocycles. The summed E-state index contributed by atoms with van der Waals surface area (Å²) in [6.07, 6.45) is 11.9. The summed E-state index contributed by atoms with van der Waals surface area (Å²) in [7, 11) is 3.53. The van der Waals surface area contributed by atoms with E-state index in [2.05, 4.69) is 17.2 Å². The fraction of sp³-hybridized carbons (Fsp3) is 0.571. The van der Waals surface area contributed by atoms with Gasteiger partial charge >= 0.3 is 6.09 Å². The number of ether oxygens (including phenoxy) is 1. The van der Waals surface area contributed by atoms with Crippen LogP contribution in [0.5, 0.6) is 0 Å². The van der Waals surface area contributed by atoms with Crippen molar-refractivity contribution in [1.29, 1.82) is 0 Å². The van der Waals surface area contributed by atoms with Crippen molar-refractivity contribution >= 4 is 6.09 Å². The molecule has 1 amide bonds. The molecule has 144 valence electrons. The lowest BCUT2D eigenvalue weighted by Gasteiger charge is -2.49. The largest absolute Gasteiger partial charge is 0.446 e. The summed E-state index contributed by atoms with van der Waals surface area (Å²) in [5.41, 5.74) is 2.30. The van der Waals surface area contributed by atoms with Crippen LogP contribution < -0.4 is 10.6 Å². The summed E-state index contributed by atoms with van der Waals surface area (Å²) in [6, 6.07) is 0. The molecule has 1 heterocycles. The second-order valence-electron chi connectivity index (χ2n) is 7.43. The van der Waals surface area contributed by atoms with E-state index in [0.29, 0.717) is 11.2 Å². The molecule has 1 saturated heterocycles. The molecule has 1 aliphatic heterocycles. The predicted octanol–water partition coefficient (Wildman–Crippen LogP) is 3.73. The van der Waals surface area contributed by atoms with Crippen LogP contribution in [0.1, 0.15) is 39.5 Å².